The molecule has 0 aliphatic carbocycles. The minimum absolute atomic E-state index is 0.325. The second kappa shape index (κ2) is 8.95. The minimum atomic E-state index is 0.325. The van der Waals surface area contributed by atoms with E-state index in [9.17, 15) is 5.11 Å². The number of aliphatic hydroxyl groups is 1. The van der Waals surface area contributed by atoms with E-state index in [2.05, 4.69) is 18.9 Å². The molecule has 0 aliphatic rings. The van der Waals surface area contributed by atoms with E-state index in [1.54, 1.807) is 25.2 Å². The number of aliphatic hydroxyl groups excluding tert-OH is 1. The minimum Gasteiger partial charge on any atom is -0.508 e. The summed E-state index contributed by atoms with van der Waals surface area (Å²) in [5, 5.41) is 19.0. The van der Waals surface area contributed by atoms with Gasteiger partial charge in [-0.1, -0.05) is 49.6 Å². The summed E-state index contributed by atoms with van der Waals surface area (Å²) in [5.41, 5.74) is 1.24. The second-order valence-corrected chi connectivity index (χ2v) is 3.40. The first kappa shape index (κ1) is 15.9. The van der Waals surface area contributed by atoms with Crippen LogP contribution in [0.25, 0.3) is 10.8 Å². The average Bonchev–Trinajstić information content (AvgIpc) is 2.42. The molecule has 0 spiro atoms. The number of aromatic hydroxyl groups is 1. The third-order valence-electron chi connectivity index (χ3n) is 2.09. The Morgan fingerprint density at radius 2 is 1.44 bits per heavy atom. The third-order valence-corrected chi connectivity index (χ3v) is 2.09. The van der Waals surface area contributed by atoms with Gasteiger partial charge in [-0.25, -0.2) is 0 Å². The summed E-state index contributed by atoms with van der Waals surface area (Å²) in [5.74, 6) is 2.56. The highest BCUT2D eigenvalue weighted by atomic mass is 16.3. The number of phenolic OH excluding ortho intramolecular Hbond substituents is 1. The first-order chi connectivity index (χ1) is 8.67. The summed E-state index contributed by atoms with van der Waals surface area (Å²) in [6.07, 6.45) is 1.68. The highest BCUT2D eigenvalue weighted by Crippen LogP contribution is 2.20. The molecule has 0 saturated heterocycles. The summed E-state index contributed by atoms with van der Waals surface area (Å²) < 4.78 is 0. The fraction of sp³-hybridized carbons (Fsp3) is 0.250. The maximum absolute atomic E-state index is 9.20. The van der Waals surface area contributed by atoms with Gasteiger partial charge >= 0.3 is 0 Å². The molecular formula is C16H20O2. The predicted molar refractivity (Wildman–Crippen MR) is 77.1 cm³/mol. The molecule has 0 bridgehead atoms. The van der Waals surface area contributed by atoms with Crippen molar-refractivity contribution in [1.29, 1.82) is 0 Å². The smallest absolute Gasteiger partial charge is 0.116 e. The van der Waals surface area contributed by atoms with Gasteiger partial charge < -0.3 is 10.2 Å². The average molecular weight is 244 g/mol. The number of rotatable bonds is 0. The van der Waals surface area contributed by atoms with Crippen molar-refractivity contribution in [2.45, 2.75) is 27.7 Å². The van der Waals surface area contributed by atoms with Gasteiger partial charge in [-0.05, 0) is 29.8 Å². The van der Waals surface area contributed by atoms with Crippen molar-refractivity contribution in [1.82, 2.24) is 0 Å². The third kappa shape index (κ3) is 5.27. The van der Waals surface area contributed by atoms with Crippen LogP contribution in [0.2, 0.25) is 0 Å². The van der Waals surface area contributed by atoms with E-state index < -0.39 is 0 Å². The van der Waals surface area contributed by atoms with E-state index in [1.165, 1.54) is 10.9 Å². The van der Waals surface area contributed by atoms with Crippen LogP contribution in [0.5, 0.6) is 5.75 Å². The fourth-order valence-corrected chi connectivity index (χ4v) is 1.35. The summed E-state index contributed by atoms with van der Waals surface area (Å²) in [7, 11) is 0. The highest BCUT2D eigenvalue weighted by molar-refractivity contribution is 5.84. The van der Waals surface area contributed by atoms with Crippen molar-refractivity contribution < 1.29 is 10.2 Å². The maximum atomic E-state index is 9.20. The quantitative estimate of drug-likeness (QED) is 0.681. The Labute approximate surface area is 109 Å². The monoisotopic (exact) mass is 244 g/mol. The Bertz CT molecular complexity index is 486. The lowest BCUT2D eigenvalue weighted by atomic mass is 10.1. The Morgan fingerprint density at radius 1 is 0.944 bits per heavy atom. The van der Waals surface area contributed by atoms with Crippen LogP contribution in [0.3, 0.4) is 0 Å². The lowest BCUT2D eigenvalue weighted by Gasteiger charge is -1.99. The van der Waals surface area contributed by atoms with Crippen LogP contribution in [0.4, 0.5) is 0 Å². The molecule has 2 nitrogen and oxygen atoms in total. The van der Waals surface area contributed by atoms with Crippen LogP contribution >= 0.6 is 0 Å². The molecule has 0 aromatic heterocycles. The molecule has 2 N–H and O–H groups in total. The summed E-state index contributed by atoms with van der Waals surface area (Å²) in [6, 6.07) is 11.6. The van der Waals surface area contributed by atoms with Crippen molar-refractivity contribution in [3.63, 3.8) is 0 Å². The van der Waals surface area contributed by atoms with E-state index in [0.29, 0.717) is 5.75 Å². The van der Waals surface area contributed by atoms with Gasteiger partial charge in [-0.2, -0.15) is 0 Å². The van der Waals surface area contributed by atoms with Gasteiger partial charge in [0.2, 0.25) is 0 Å². The van der Waals surface area contributed by atoms with Crippen LogP contribution in [-0.2, 0) is 0 Å². The van der Waals surface area contributed by atoms with Gasteiger partial charge in [-0.3, -0.25) is 0 Å². The molecule has 0 amide bonds. The van der Waals surface area contributed by atoms with E-state index in [-0.39, 0.29) is 0 Å². The van der Waals surface area contributed by atoms with Gasteiger partial charge in [0.1, 0.15) is 11.9 Å². The number of aryl methyl sites for hydroxylation is 1. The molecule has 2 rings (SSSR count). The van der Waals surface area contributed by atoms with Crippen molar-refractivity contribution >= 4 is 10.8 Å². The zero-order valence-corrected chi connectivity index (χ0v) is 11.4. The van der Waals surface area contributed by atoms with Gasteiger partial charge in [0, 0.05) is 6.92 Å². The molecule has 18 heavy (non-hydrogen) atoms. The van der Waals surface area contributed by atoms with Crippen LogP contribution in [0.1, 0.15) is 26.3 Å². The summed E-state index contributed by atoms with van der Waals surface area (Å²) >= 11 is 0. The lowest BCUT2D eigenvalue weighted by molar-refractivity contribution is 0.476. The number of hydrogen-bond acceptors (Lipinski definition) is 2. The fourth-order valence-electron chi connectivity index (χ4n) is 1.35. The zero-order valence-electron chi connectivity index (χ0n) is 11.4. The van der Waals surface area contributed by atoms with Crippen LogP contribution in [0.15, 0.2) is 36.4 Å². The molecule has 0 radical (unpaired) electrons. The topological polar surface area (TPSA) is 40.5 Å². The van der Waals surface area contributed by atoms with Gasteiger partial charge in [0.05, 0.1) is 0 Å². The summed E-state index contributed by atoms with van der Waals surface area (Å²) in [4.78, 5) is 0. The Morgan fingerprint density at radius 3 is 2.00 bits per heavy atom. The Kier molecular flexibility index (Phi) is 7.89. The normalized spacial score (nSPS) is 8.00. The maximum Gasteiger partial charge on any atom is 0.116 e. The molecule has 0 saturated carbocycles. The van der Waals surface area contributed by atoms with Crippen LogP contribution in [-0.4, -0.2) is 10.2 Å². The van der Waals surface area contributed by atoms with E-state index >= 15 is 0 Å². The molecule has 0 aliphatic heterocycles. The molecule has 0 fully saturated rings. The molecule has 0 heterocycles. The largest absolute Gasteiger partial charge is 0.508 e. The molecule has 2 aromatic rings. The van der Waals surface area contributed by atoms with Gasteiger partial charge in [-0.15, -0.1) is 0 Å². The molecule has 0 atom stereocenters. The number of hydrogen-bond donors (Lipinski definition) is 2. The van der Waals surface area contributed by atoms with E-state index in [1.807, 2.05) is 32.0 Å². The van der Waals surface area contributed by atoms with Crippen LogP contribution in [0, 0.1) is 19.0 Å². The highest BCUT2D eigenvalue weighted by Gasteiger charge is 1.93. The predicted octanol–water partition coefficient (Wildman–Crippen LogP) is 4.22. The Balaban J connectivity index is 0.000000415. The molecule has 2 heteroatoms. The molecular weight excluding hydrogens is 224 g/mol. The first-order valence-electron chi connectivity index (χ1n) is 5.92. The lowest BCUT2D eigenvalue weighted by Crippen LogP contribution is -1.74. The zero-order chi connectivity index (χ0) is 14.0. The van der Waals surface area contributed by atoms with Gasteiger partial charge in [0.25, 0.3) is 0 Å². The molecule has 0 unspecified atom stereocenters. The standard InChI is InChI=1S/C11H10O.C3H4O.C2H6/c1-8-2-3-10-7-11(12)5-4-9(10)6-8;1-2-3-4;1-2/h2-7,12H,1H3;4H,1H3;1-2H3. The Hall–Kier alpha value is -2.14. The molecule has 96 valence electrons. The molecule has 2 aromatic carbocycles. The van der Waals surface area contributed by atoms with E-state index in [4.69, 9.17) is 5.11 Å². The second-order valence-electron chi connectivity index (χ2n) is 3.40. The summed E-state index contributed by atoms with van der Waals surface area (Å²) in [6.45, 7) is 7.63. The van der Waals surface area contributed by atoms with Crippen molar-refractivity contribution in [2.24, 2.45) is 0 Å². The number of benzene rings is 2. The number of phenols is 1. The van der Waals surface area contributed by atoms with Crippen molar-refractivity contribution in [2.75, 3.05) is 0 Å². The van der Waals surface area contributed by atoms with Crippen molar-refractivity contribution in [3.8, 4) is 17.8 Å². The number of fused-ring (bicyclic) bond motifs is 1. The first-order valence-corrected chi connectivity index (χ1v) is 5.92. The van der Waals surface area contributed by atoms with Gasteiger partial charge in [0.15, 0.2) is 0 Å². The van der Waals surface area contributed by atoms with Crippen LogP contribution < -0.4 is 0 Å². The SMILES string of the molecule is CC.CC#CO.Cc1ccc2cc(O)ccc2c1. The van der Waals surface area contributed by atoms with E-state index in [0.717, 1.165) is 5.39 Å². The van der Waals surface area contributed by atoms with Crippen molar-refractivity contribution in [3.05, 3.63) is 42.0 Å².